The molecule has 0 aliphatic rings. The van der Waals surface area contributed by atoms with Crippen molar-refractivity contribution in [1.82, 2.24) is 15.5 Å². The van der Waals surface area contributed by atoms with Crippen molar-refractivity contribution in [1.29, 1.82) is 0 Å². The molecule has 0 radical (unpaired) electrons. The van der Waals surface area contributed by atoms with Gasteiger partial charge >= 0.3 is 6.09 Å². The summed E-state index contributed by atoms with van der Waals surface area (Å²) in [6, 6.07) is 6.14. The highest BCUT2D eigenvalue weighted by Gasteiger charge is 2.31. The smallest absolute Gasteiger partial charge is 0.408 e. The number of hydrogen-bond acceptors (Lipinski definition) is 6. The highest BCUT2D eigenvalue weighted by atomic mass is 16.6. The zero-order chi connectivity index (χ0) is 21.1. The highest BCUT2D eigenvalue weighted by molar-refractivity contribution is 5.68. The van der Waals surface area contributed by atoms with Gasteiger partial charge in [0.05, 0.1) is 0 Å². The van der Waals surface area contributed by atoms with E-state index >= 15 is 0 Å². The molecule has 1 N–H and O–H groups in total. The average molecular weight is 389 g/mol. The van der Waals surface area contributed by atoms with Crippen molar-refractivity contribution in [3.05, 3.63) is 41.0 Å². The van der Waals surface area contributed by atoms with E-state index in [0.29, 0.717) is 17.6 Å². The Bertz CT molecular complexity index is 819. The maximum atomic E-state index is 12.1. The fourth-order valence-electron chi connectivity index (χ4n) is 2.57. The van der Waals surface area contributed by atoms with E-state index < -0.39 is 17.2 Å². The predicted molar refractivity (Wildman–Crippen MR) is 106 cm³/mol. The van der Waals surface area contributed by atoms with Crippen LogP contribution in [0.5, 0.6) is 5.75 Å². The summed E-state index contributed by atoms with van der Waals surface area (Å²) in [7, 11) is 0. The Morgan fingerprint density at radius 1 is 1.21 bits per heavy atom. The number of hydrogen-bond donors (Lipinski definition) is 1. The van der Waals surface area contributed by atoms with Crippen LogP contribution in [-0.2, 0) is 16.9 Å². The second kappa shape index (κ2) is 8.20. The van der Waals surface area contributed by atoms with E-state index in [4.69, 9.17) is 14.0 Å². The van der Waals surface area contributed by atoms with Crippen molar-refractivity contribution >= 4 is 6.09 Å². The Kier molecular flexibility index (Phi) is 6.37. The van der Waals surface area contributed by atoms with Crippen LogP contribution in [0, 0.1) is 6.92 Å². The number of ether oxygens (including phenoxy) is 2. The van der Waals surface area contributed by atoms with Crippen molar-refractivity contribution < 1.29 is 18.8 Å². The van der Waals surface area contributed by atoms with Crippen molar-refractivity contribution in [2.24, 2.45) is 0 Å². The van der Waals surface area contributed by atoms with Crippen LogP contribution >= 0.6 is 0 Å². The lowest BCUT2D eigenvalue weighted by Crippen LogP contribution is -2.44. The molecule has 1 amide bonds. The van der Waals surface area contributed by atoms with Crippen LogP contribution in [0.3, 0.4) is 0 Å². The van der Waals surface area contributed by atoms with Crippen LogP contribution < -0.4 is 10.1 Å². The Morgan fingerprint density at radius 2 is 1.89 bits per heavy atom. The van der Waals surface area contributed by atoms with Gasteiger partial charge in [-0.05, 0) is 64.7 Å². The third kappa shape index (κ3) is 5.97. The van der Waals surface area contributed by atoms with Crippen LogP contribution in [0.1, 0.15) is 77.2 Å². The zero-order valence-electron chi connectivity index (χ0n) is 18.0. The molecule has 28 heavy (non-hydrogen) atoms. The maximum Gasteiger partial charge on any atom is 0.408 e. The molecular formula is C21H31N3O4. The molecular weight excluding hydrogens is 358 g/mol. The molecule has 0 bridgehead atoms. The lowest BCUT2D eigenvalue weighted by Gasteiger charge is -2.26. The summed E-state index contributed by atoms with van der Waals surface area (Å²) in [6.07, 6.45) is -0.540. The molecule has 2 rings (SSSR count). The Labute approximate surface area is 166 Å². The van der Waals surface area contributed by atoms with Gasteiger partial charge in [-0.25, -0.2) is 4.79 Å². The summed E-state index contributed by atoms with van der Waals surface area (Å²) in [6.45, 7) is 15.4. The summed E-state index contributed by atoms with van der Waals surface area (Å²) in [5.74, 6) is 1.84. The number of benzene rings is 1. The molecule has 1 aromatic heterocycles. The van der Waals surface area contributed by atoms with E-state index in [0.717, 1.165) is 16.9 Å². The van der Waals surface area contributed by atoms with Crippen molar-refractivity contribution in [3.63, 3.8) is 0 Å². The first kappa shape index (κ1) is 21.7. The van der Waals surface area contributed by atoms with Gasteiger partial charge in [0.15, 0.2) is 12.4 Å². The summed E-state index contributed by atoms with van der Waals surface area (Å²) in [4.78, 5) is 16.4. The molecule has 0 saturated carbocycles. The molecule has 0 unspecified atom stereocenters. The predicted octanol–water partition coefficient (Wildman–Crippen LogP) is 4.84. The van der Waals surface area contributed by atoms with Gasteiger partial charge in [-0.15, -0.1) is 0 Å². The van der Waals surface area contributed by atoms with E-state index in [9.17, 15) is 4.79 Å². The van der Waals surface area contributed by atoms with Crippen LogP contribution in [0.2, 0.25) is 0 Å². The molecule has 0 fully saturated rings. The van der Waals surface area contributed by atoms with Crippen molar-refractivity contribution in [3.8, 4) is 5.75 Å². The van der Waals surface area contributed by atoms with Gasteiger partial charge in [0, 0.05) is 0 Å². The minimum atomic E-state index is -0.851. The maximum absolute atomic E-state index is 12.1. The molecule has 7 nitrogen and oxygen atoms in total. The third-order valence-corrected chi connectivity index (χ3v) is 3.98. The molecule has 0 aliphatic carbocycles. The molecule has 0 spiro atoms. The van der Waals surface area contributed by atoms with Gasteiger partial charge in [0.25, 0.3) is 5.89 Å². The molecule has 0 saturated heterocycles. The molecule has 0 aliphatic heterocycles. The molecule has 1 aromatic carbocycles. The Hall–Kier alpha value is -2.57. The summed E-state index contributed by atoms with van der Waals surface area (Å²) >= 11 is 0. The van der Waals surface area contributed by atoms with Gasteiger partial charge in [0.2, 0.25) is 0 Å². The van der Waals surface area contributed by atoms with E-state index in [1.54, 1.807) is 34.6 Å². The topological polar surface area (TPSA) is 86.5 Å². The minimum Gasteiger partial charge on any atom is -0.483 e. The second-order valence-corrected chi connectivity index (χ2v) is 8.75. The summed E-state index contributed by atoms with van der Waals surface area (Å²) in [5, 5.41) is 6.75. The largest absolute Gasteiger partial charge is 0.483 e. The van der Waals surface area contributed by atoms with Crippen molar-refractivity contribution in [2.75, 3.05) is 0 Å². The van der Waals surface area contributed by atoms with Crippen LogP contribution in [0.4, 0.5) is 4.79 Å². The van der Waals surface area contributed by atoms with E-state index in [2.05, 4.69) is 41.4 Å². The molecule has 1 heterocycles. The molecule has 7 heteroatoms. The quantitative estimate of drug-likeness (QED) is 0.761. The number of nitrogens with zero attached hydrogens (tertiary/aromatic N) is 2. The Balaban J connectivity index is 2.06. The van der Waals surface area contributed by atoms with Gasteiger partial charge in [0.1, 0.15) is 16.9 Å². The SMILES string of the molecule is Cc1ccc(C(C)C)c(OCc2nc(C(C)(C)NC(=O)OC(C)(C)C)no2)c1. The summed E-state index contributed by atoms with van der Waals surface area (Å²) < 4.78 is 16.5. The molecule has 2 aromatic rings. The number of rotatable bonds is 6. The zero-order valence-corrected chi connectivity index (χ0v) is 18.0. The number of alkyl carbamates (subject to hydrolysis) is 1. The van der Waals surface area contributed by atoms with Crippen molar-refractivity contribution in [2.45, 2.75) is 79.1 Å². The van der Waals surface area contributed by atoms with E-state index in [-0.39, 0.29) is 6.61 Å². The lowest BCUT2D eigenvalue weighted by molar-refractivity contribution is 0.0465. The van der Waals surface area contributed by atoms with Gasteiger partial charge in [-0.3, -0.25) is 0 Å². The van der Waals surface area contributed by atoms with Crippen LogP contribution in [0.15, 0.2) is 22.7 Å². The first-order chi connectivity index (χ1) is 12.9. The number of carbonyl (C=O) groups excluding carboxylic acids is 1. The fraction of sp³-hybridized carbons (Fsp3) is 0.571. The highest BCUT2D eigenvalue weighted by Crippen LogP contribution is 2.28. The summed E-state index contributed by atoms with van der Waals surface area (Å²) in [5.41, 5.74) is 0.806. The van der Waals surface area contributed by atoms with Gasteiger partial charge in [-0.2, -0.15) is 4.98 Å². The lowest BCUT2D eigenvalue weighted by atomic mass is 10.0. The van der Waals surface area contributed by atoms with Gasteiger partial charge in [-0.1, -0.05) is 31.1 Å². The van der Waals surface area contributed by atoms with Crippen LogP contribution in [0.25, 0.3) is 0 Å². The van der Waals surface area contributed by atoms with Gasteiger partial charge < -0.3 is 19.3 Å². The number of nitrogens with one attached hydrogen (secondary N) is 1. The molecule has 154 valence electrons. The number of carbonyl (C=O) groups is 1. The first-order valence-corrected chi connectivity index (χ1v) is 9.45. The third-order valence-electron chi connectivity index (χ3n) is 3.98. The van der Waals surface area contributed by atoms with Crippen LogP contribution in [-0.4, -0.2) is 21.8 Å². The molecule has 0 atom stereocenters. The normalized spacial score (nSPS) is 12.2. The second-order valence-electron chi connectivity index (χ2n) is 8.75. The number of aromatic nitrogens is 2. The number of amides is 1. The minimum absolute atomic E-state index is 0.151. The fourth-order valence-corrected chi connectivity index (χ4v) is 2.57. The monoisotopic (exact) mass is 389 g/mol. The average Bonchev–Trinajstić information content (AvgIpc) is 3.00. The Morgan fingerprint density at radius 3 is 2.50 bits per heavy atom. The standard InChI is InChI=1S/C21H31N3O4/c1-13(2)15-10-9-14(3)11-16(15)26-12-17-22-18(24-28-17)21(7,8)23-19(25)27-20(4,5)6/h9-11,13H,12H2,1-8H3,(H,23,25). The number of aryl methyl sites for hydroxylation is 1. The first-order valence-electron chi connectivity index (χ1n) is 9.45. The van der Waals surface area contributed by atoms with E-state index in [1.165, 1.54) is 0 Å². The van der Waals surface area contributed by atoms with E-state index in [1.807, 2.05) is 13.0 Å².